The highest BCUT2D eigenvalue weighted by atomic mass is 32.1. The molecular weight excluding hydrogens is 290 g/mol. The first kappa shape index (κ1) is 13.5. The maximum atomic E-state index is 12.4. The highest BCUT2D eigenvalue weighted by molar-refractivity contribution is 7.18. The van der Waals surface area contributed by atoms with Crippen molar-refractivity contribution in [1.29, 1.82) is 0 Å². The van der Waals surface area contributed by atoms with Gasteiger partial charge in [0.25, 0.3) is 11.8 Å². The fraction of sp³-hybridized carbons (Fsp3) is 0.133. The lowest BCUT2D eigenvalue weighted by Crippen LogP contribution is -2.28. The van der Waals surface area contributed by atoms with Gasteiger partial charge in [-0.25, -0.2) is 9.69 Å². The van der Waals surface area contributed by atoms with Crippen LogP contribution in [0.1, 0.15) is 36.0 Å². The number of ether oxygens (including phenoxy) is 1. The van der Waals surface area contributed by atoms with E-state index in [1.807, 2.05) is 6.92 Å². The van der Waals surface area contributed by atoms with E-state index in [4.69, 9.17) is 0 Å². The number of hydrogen-bond acceptors (Lipinski definition) is 5. The van der Waals surface area contributed by atoms with E-state index in [9.17, 15) is 14.4 Å². The van der Waals surface area contributed by atoms with E-state index in [2.05, 4.69) is 4.74 Å². The van der Waals surface area contributed by atoms with Crippen molar-refractivity contribution < 1.29 is 19.1 Å². The number of methoxy groups -OCH3 is 1. The van der Waals surface area contributed by atoms with Gasteiger partial charge in [-0.2, -0.15) is 0 Å². The first-order chi connectivity index (χ1) is 10.0. The predicted molar refractivity (Wildman–Crippen MR) is 78.0 cm³/mol. The Morgan fingerprint density at radius 3 is 2.52 bits per heavy atom. The number of aryl methyl sites for hydroxylation is 1. The van der Waals surface area contributed by atoms with Gasteiger partial charge in [-0.05, 0) is 31.2 Å². The molecule has 0 spiro atoms. The lowest BCUT2D eigenvalue weighted by molar-refractivity contribution is 0.0606. The number of hydrogen-bond donors (Lipinski definition) is 0. The molecule has 5 nitrogen and oxygen atoms in total. The minimum atomic E-state index is -0.487. The Balaban J connectivity index is 2.02. The normalized spacial score (nSPS) is 13.5. The molecule has 1 aromatic heterocycles. The Labute approximate surface area is 124 Å². The van der Waals surface area contributed by atoms with Crippen LogP contribution in [0.5, 0.6) is 0 Å². The minimum absolute atomic E-state index is 0.347. The summed E-state index contributed by atoms with van der Waals surface area (Å²) in [5.74, 6) is -1.22. The summed E-state index contributed by atoms with van der Waals surface area (Å²) < 4.78 is 4.63. The second-order valence-corrected chi connectivity index (χ2v) is 5.69. The van der Waals surface area contributed by atoms with Crippen molar-refractivity contribution in [2.24, 2.45) is 0 Å². The van der Waals surface area contributed by atoms with E-state index >= 15 is 0 Å². The number of carbonyl (C=O) groups excluding carboxylic acids is 3. The second kappa shape index (κ2) is 4.82. The minimum Gasteiger partial charge on any atom is -0.465 e. The molecule has 1 aromatic carbocycles. The van der Waals surface area contributed by atoms with Crippen molar-refractivity contribution in [3.63, 3.8) is 0 Å². The molecule has 1 aliphatic rings. The van der Waals surface area contributed by atoms with E-state index in [1.165, 1.54) is 7.11 Å². The maximum Gasteiger partial charge on any atom is 0.348 e. The van der Waals surface area contributed by atoms with Gasteiger partial charge in [0.15, 0.2) is 0 Å². The lowest BCUT2D eigenvalue weighted by Gasteiger charge is -2.10. The molecule has 0 aliphatic carbocycles. The van der Waals surface area contributed by atoms with Crippen LogP contribution in [0.15, 0.2) is 30.3 Å². The average molecular weight is 301 g/mol. The van der Waals surface area contributed by atoms with Crippen molar-refractivity contribution in [2.45, 2.75) is 6.92 Å². The topological polar surface area (TPSA) is 63.7 Å². The number of rotatable bonds is 2. The summed E-state index contributed by atoms with van der Waals surface area (Å²) in [4.78, 5) is 37.7. The Bertz CT molecular complexity index is 778. The van der Waals surface area contributed by atoms with E-state index in [0.29, 0.717) is 21.0 Å². The number of nitrogens with zero attached hydrogens (tertiary/aromatic N) is 1. The van der Waals surface area contributed by atoms with Gasteiger partial charge in [-0.1, -0.05) is 11.6 Å². The number of imide groups is 1. The summed E-state index contributed by atoms with van der Waals surface area (Å²) in [5.41, 5.74) is 1.70. The second-order valence-electron chi connectivity index (χ2n) is 4.62. The predicted octanol–water partition coefficient (Wildman–Crippen LogP) is 2.64. The standard InChI is InChI=1S/C15H11NO4S/c1-8-3-4-9-10(7-8)14(18)16(13(9)17)12-6-5-11(21-12)15(19)20-2/h3-7H,1-2H3. The number of amides is 2. The molecule has 0 fully saturated rings. The third kappa shape index (κ3) is 2.04. The van der Waals surface area contributed by atoms with E-state index in [-0.39, 0.29) is 11.8 Å². The molecule has 3 rings (SSSR count). The number of anilines is 1. The van der Waals surface area contributed by atoms with Crippen molar-refractivity contribution >= 4 is 34.1 Å². The summed E-state index contributed by atoms with van der Waals surface area (Å²) in [6.45, 7) is 1.86. The molecular formula is C15H11NO4S. The molecule has 0 radical (unpaired) electrons. The Morgan fingerprint density at radius 1 is 1.10 bits per heavy atom. The zero-order chi connectivity index (χ0) is 15.1. The third-order valence-corrected chi connectivity index (χ3v) is 4.29. The quantitative estimate of drug-likeness (QED) is 0.632. The maximum absolute atomic E-state index is 12.4. The monoisotopic (exact) mass is 301 g/mol. The van der Waals surface area contributed by atoms with Gasteiger partial charge in [-0.3, -0.25) is 9.59 Å². The zero-order valence-electron chi connectivity index (χ0n) is 11.4. The van der Waals surface area contributed by atoms with Crippen LogP contribution in [0.3, 0.4) is 0 Å². The van der Waals surface area contributed by atoms with Crippen molar-refractivity contribution in [2.75, 3.05) is 12.0 Å². The Kier molecular flexibility index (Phi) is 3.10. The number of thiophene rings is 1. The number of benzene rings is 1. The van der Waals surface area contributed by atoms with E-state index in [1.54, 1.807) is 30.3 Å². The van der Waals surface area contributed by atoms with Crippen molar-refractivity contribution in [3.8, 4) is 0 Å². The summed E-state index contributed by atoms with van der Waals surface area (Å²) in [6.07, 6.45) is 0. The average Bonchev–Trinajstić information content (AvgIpc) is 3.03. The molecule has 0 N–H and O–H groups in total. The van der Waals surface area contributed by atoms with Crippen LogP contribution in [0, 0.1) is 6.92 Å². The molecule has 0 saturated heterocycles. The molecule has 1 aliphatic heterocycles. The van der Waals surface area contributed by atoms with E-state index in [0.717, 1.165) is 21.8 Å². The van der Waals surface area contributed by atoms with Crippen LogP contribution in [0.25, 0.3) is 0 Å². The summed E-state index contributed by atoms with van der Waals surface area (Å²) in [6, 6.07) is 8.26. The highest BCUT2D eigenvalue weighted by Crippen LogP contribution is 2.33. The molecule has 6 heteroatoms. The Hall–Kier alpha value is -2.47. The summed E-state index contributed by atoms with van der Waals surface area (Å²) >= 11 is 1.05. The van der Waals surface area contributed by atoms with Gasteiger partial charge in [0.05, 0.1) is 18.2 Å². The molecule has 0 saturated carbocycles. The van der Waals surface area contributed by atoms with Gasteiger partial charge in [0, 0.05) is 0 Å². The molecule has 2 heterocycles. The molecule has 21 heavy (non-hydrogen) atoms. The van der Waals surface area contributed by atoms with Crippen molar-refractivity contribution in [3.05, 3.63) is 51.9 Å². The summed E-state index contributed by atoms with van der Waals surface area (Å²) in [7, 11) is 1.28. The molecule has 2 amide bonds. The smallest absolute Gasteiger partial charge is 0.348 e. The molecule has 0 unspecified atom stereocenters. The first-order valence-corrected chi connectivity index (χ1v) is 7.02. The number of esters is 1. The molecule has 0 atom stereocenters. The number of fused-ring (bicyclic) bond motifs is 1. The summed E-state index contributed by atoms with van der Waals surface area (Å²) in [5, 5.41) is 0.416. The fourth-order valence-corrected chi connectivity index (χ4v) is 3.13. The van der Waals surface area contributed by atoms with Crippen LogP contribution < -0.4 is 4.90 Å². The van der Waals surface area contributed by atoms with Gasteiger partial charge < -0.3 is 4.74 Å². The van der Waals surface area contributed by atoms with Crippen LogP contribution in [0.2, 0.25) is 0 Å². The Morgan fingerprint density at radius 2 is 1.81 bits per heavy atom. The zero-order valence-corrected chi connectivity index (χ0v) is 12.2. The molecule has 106 valence electrons. The highest BCUT2D eigenvalue weighted by Gasteiger charge is 2.37. The fourth-order valence-electron chi connectivity index (χ4n) is 2.21. The number of carbonyl (C=O) groups is 3. The van der Waals surface area contributed by atoms with Crippen LogP contribution in [-0.4, -0.2) is 24.9 Å². The van der Waals surface area contributed by atoms with Crippen LogP contribution in [0.4, 0.5) is 5.00 Å². The van der Waals surface area contributed by atoms with Crippen LogP contribution >= 0.6 is 11.3 Å². The third-order valence-electron chi connectivity index (χ3n) is 3.24. The molecule has 0 bridgehead atoms. The van der Waals surface area contributed by atoms with Gasteiger partial charge >= 0.3 is 5.97 Å². The molecule has 2 aromatic rings. The SMILES string of the molecule is COC(=O)c1ccc(N2C(=O)c3ccc(C)cc3C2=O)s1. The largest absolute Gasteiger partial charge is 0.465 e. The van der Waals surface area contributed by atoms with Gasteiger partial charge in [0.2, 0.25) is 0 Å². The first-order valence-electron chi connectivity index (χ1n) is 6.20. The lowest BCUT2D eigenvalue weighted by atomic mass is 10.1. The van der Waals surface area contributed by atoms with Crippen LogP contribution in [-0.2, 0) is 4.74 Å². The van der Waals surface area contributed by atoms with Gasteiger partial charge in [-0.15, -0.1) is 11.3 Å². The van der Waals surface area contributed by atoms with Gasteiger partial charge in [0.1, 0.15) is 9.88 Å². The van der Waals surface area contributed by atoms with Crippen molar-refractivity contribution in [1.82, 2.24) is 0 Å². The van der Waals surface area contributed by atoms with E-state index < -0.39 is 5.97 Å².